The number of aromatic amines is 1. The number of aromatic nitrogens is 3. The van der Waals surface area contributed by atoms with Crippen LogP contribution in [0.2, 0.25) is 5.02 Å². The van der Waals surface area contributed by atoms with Gasteiger partial charge >= 0.3 is 0 Å². The second-order valence-corrected chi connectivity index (χ2v) is 7.62. The third-order valence-corrected chi connectivity index (χ3v) is 5.54. The predicted octanol–water partition coefficient (Wildman–Crippen LogP) is 4.35. The summed E-state index contributed by atoms with van der Waals surface area (Å²) in [6.45, 7) is 6.57. The number of para-hydroxylation sites is 1. The van der Waals surface area contributed by atoms with E-state index < -0.39 is 0 Å². The molecule has 1 fully saturated rings. The highest BCUT2D eigenvalue weighted by molar-refractivity contribution is 7.71. The average Bonchev–Trinajstić information content (AvgIpc) is 3.04. The highest BCUT2D eigenvalue weighted by Crippen LogP contribution is 2.26. The van der Waals surface area contributed by atoms with Crippen molar-refractivity contribution in [3.8, 4) is 11.4 Å². The fourth-order valence-corrected chi connectivity index (χ4v) is 3.78. The minimum absolute atomic E-state index is 0.583. The van der Waals surface area contributed by atoms with Gasteiger partial charge in [-0.25, -0.2) is 4.68 Å². The van der Waals surface area contributed by atoms with Crippen molar-refractivity contribution in [2.45, 2.75) is 13.6 Å². The lowest BCUT2D eigenvalue weighted by atomic mass is 10.1. The van der Waals surface area contributed by atoms with E-state index in [1.54, 1.807) is 0 Å². The molecule has 0 saturated carbocycles. The van der Waals surface area contributed by atoms with E-state index in [1.807, 2.05) is 22.9 Å². The number of halogens is 1. The molecule has 0 amide bonds. The molecule has 0 atom stereocenters. The molecule has 2 heterocycles. The van der Waals surface area contributed by atoms with Crippen molar-refractivity contribution in [1.29, 1.82) is 0 Å². The molecule has 1 aliphatic heterocycles. The molecular weight excluding hydrogens is 378 g/mol. The summed E-state index contributed by atoms with van der Waals surface area (Å²) in [4.78, 5) is 9.23. The topological polar surface area (TPSA) is 40.1 Å². The van der Waals surface area contributed by atoms with Gasteiger partial charge in [0.1, 0.15) is 0 Å². The van der Waals surface area contributed by atoms with Gasteiger partial charge in [0.2, 0.25) is 4.77 Å². The number of hydrogen-bond donors (Lipinski definition) is 1. The van der Waals surface area contributed by atoms with Crippen molar-refractivity contribution in [3.63, 3.8) is 0 Å². The summed E-state index contributed by atoms with van der Waals surface area (Å²) in [5.41, 5.74) is 3.39. The molecule has 3 aromatic rings. The first-order chi connectivity index (χ1) is 13.1. The Balaban J connectivity index is 1.41. The maximum absolute atomic E-state index is 6.33. The maximum Gasteiger partial charge on any atom is 0.217 e. The number of nitrogens with one attached hydrogen (secondary N) is 1. The molecule has 0 radical (unpaired) electrons. The second kappa shape index (κ2) is 7.84. The molecule has 140 valence electrons. The van der Waals surface area contributed by atoms with Crippen molar-refractivity contribution < 1.29 is 0 Å². The first-order valence-electron chi connectivity index (χ1n) is 9.06. The number of rotatable bonds is 4. The lowest BCUT2D eigenvalue weighted by Gasteiger charge is -2.36. The molecule has 5 nitrogen and oxygen atoms in total. The largest absolute Gasteiger partial charge is 0.368 e. The molecular formula is C20H22ClN5S. The van der Waals surface area contributed by atoms with Crippen molar-refractivity contribution >= 4 is 29.5 Å². The van der Waals surface area contributed by atoms with Crippen LogP contribution < -0.4 is 4.90 Å². The molecule has 0 bridgehead atoms. The van der Waals surface area contributed by atoms with Crippen molar-refractivity contribution in [2.24, 2.45) is 0 Å². The van der Waals surface area contributed by atoms with Gasteiger partial charge in [-0.2, -0.15) is 4.98 Å². The Hall–Kier alpha value is -2.15. The van der Waals surface area contributed by atoms with Crippen LogP contribution in [0.25, 0.3) is 11.4 Å². The number of anilines is 1. The Morgan fingerprint density at radius 2 is 1.74 bits per heavy atom. The highest BCUT2D eigenvalue weighted by Gasteiger charge is 2.19. The van der Waals surface area contributed by atoms with Crippen LogP contribution in [0.15, 0.2) is 48.5 Å². The first kappa shape index (κ1) is 18.2. The van der Waals surface area contributed by atoms with Gasteiger partial charge in [-0.1, -0.05) is 53.6 Å². The summed E-state index contributed by atoms with van der Waals surface area (Å²) < 4.78 is 2.52. The minimum Gasteiger partial charge on any atom is -0.368 e. The van der Waals surface area contributed by atoms with Crippen molar-refractivity contribution in [1.82, 2.24) is 19.7 Å². The van der Waals surface area contributed by atoms with E-state index in [1.165, 1.54) is 5.56 Å². The summed E-state index contributed by atoms with van der Waals surface area (Å²) in [5, 5.41) is 4.15. The predicted molar refractivity (Wildman–Crippen MR) is 113 cm³/mol. The number of aryl methyl sites for hydroxylation is 1. The molecule has 7 heteroatoms. The lowest BCUT2D eigenvalue weighted by Crippen LogP contribution is -2.47. The van der Waals surface area contributed by atoms with Gasteiger partial charge in [0, 0.05) is 31.7 Å². The molecule has 1 aliphatic rings. The third kappa shape index (κ3) is 4.08. The molecule has 1 aromatic heterocycles. The third-order valence-electron chi connectivity index (χ3n) is 4.91. The van der Waals surface area contributed by atoms with Crippen LogP contribution in [0.3, 0.4) is 0 Å². The zero-order chi connectivity index (χ0) is 18.8. The SMILES string of the molecule is Cc1ccc(-c2nc(=S)n(CN3CCN(c4ccccc4Cl)CC3)[nH]2)cc1. The summed E-state index contributed by atoms with van der Waals surface area (Å²) in [5.74, 6) is 0.815. The van der Waals surface area contributed by atoms with E-state index in [2.05, 4.69) is 57.1 Å². The smallest absolute Gasteiger partial charge is 0.217 e. The van der Waals surface area contributed by atoms with Gasteiger partial charge in [-0.3, -0.25) is 10.00 Å². The molecule has 4 rings (SSSR count). The van der Waals surface area contributed by atoms with E-state index in [0.717, 1.165) is 48.3 Å². The quantitative estimate of drug-likeness (QED) is 0.662. The van der Waals surface area contributed by atoms with E-state index >= 15 is 0 Å². The van der Waals surface area contributed by atoms with Crippen LogP contribution in [0.1, 0.15) is 5.56 Å². The minimum atomic E-state index is 0.583. The zero-order valence-corrected chi connectivity index (χ0v) is 16.8. The number of hydrogen-bond acceptors (Lipinski definition) is 4. The van der Waals surface area contributed by atoms with Gasteiger partial charge in [0.15, 0.2) is 5.82 Å². The van der Waals surface area contributed by atoms with Crippen molar-refractivity contribution in [2.75, 3.05) is 31.1 Å². The summed E-state index contributed by atoms with van der Waals surface area (Å²) >= 11 is 11.8. The van der Waals surface area contributed by atoms with Gasteiger partial charge in [0.05, 0.1) is 17.4 Å². The van der Waals surface area contributed by atoms with Gasteiger partial charge in [0.25, 0.3) is 0 Å². The Bertz CT molecular complexity index is 971. The molecule has 2 aromatic carbocycles. The molecule has 0 aliphatic carbocycles. The zero-order valence-electron chi connectivity index (χ0n) is 15.2. The van der Waals surface area contributed by atoms with Crippen LogP contribution in [0.4, 0.5) is 5.69 Å². The summed E-state index contributed by atoms with van der Waals surface area (Å²) in [6, 6.07) is 16.3. The fourth-order valence-electron chi connectivity index (χ4n) is 3.33. The molecule has 1 saturated heterocycles. The number of nitrogens with zero attached hydrogens (tertiary/aromatic N) is 4. The summed E-state index contributed by atoms with van der Waals surface area (Å²) in [6.07, 6.45) is 0. The first-order valence-corrected chi connectivity index (χ1v) is 9.84. The Morgan fingerprint density at radius 3 is 2.44 bits per heavy atom. The molecule has 1 N–H and O–H groups in total. The lowest BCUT2D eigenvalue weighted by molar-refractivity contribution is 0.194. The van der Waals surface area contributed by atoms with Gasteiger partial charge in [-0.05, 0) is 31.3 Å². The van der Waals surface area contributed by atoms with Crippen molar-refractivity contribution in [3.05, 3.63) is 63.9 Å². The Morgan fingerprint density at radius 1 is 1.04 bits per heavy atom. The van der Waals surface area contributed by atoms with E-state index in [9.17, 15) is 0 Å². The van der Waals surface area contributed by atoms with Crippen LogP contribution in [-0.4, -0.2) is 45.8 Å². The van der Waals surface area contributed by atoms with Gasteiger partial charge in [-0.15, -0.1) is 0 Å². The second-order valence-electron chi connectivity index (χ2n) is 6.85. The van der Waals surface area contributed by atoms with E-state index in [-0.39, 0.29) is 0 Å². The monoisotopic (exact) mass is 399 g/mol. The number of benzene rings is 2. The Labute approximate surface area is 169 Å². The average molecular weight is 400 g/mol. The molecule has 0 spiro atoms. The van der Waals surface area contributed by atoms with Crippen LogP contribution in [0, 0.1) is 11.7 Å². The standard InChI is InChI=1S/C20H22ClN5S/c1-15-6-8-16(9-7-15)19-22-20(27)26(23-19)14-24-10-12-25(13-11-24)18-5-3-2-4-17(18)21/h2-9H,10-14H2,1H3,(H,22,23,27). The summed E-state index contributed by atoms with van der Waals surface area (Å²) in [7, 11) is 0. The van der Waals surface area contributed by atoms with Crippen LogP contribution in [-0.2, 0) is 6.67 Å². The maximum atomic E-state index is 6.33. The van der Waals surface area contributed by atoms with Crippen LogP contribution in [0.5, 0.6) is 0 Å². The molecule has 0 unspecified atom stereocenters. The number of H-pyrrole nitrogens is 1. The van der Waals surface area contributed by atoms with Gasteiger partial charge < -0.3 is 4.90 Å². The van der Waals surface area contributed by atoms with E-state index in [0.29, 0.717) is 11.4 Å². The van der Waals surface area contributed by atoms with Crippen LogP contribution >= 0.6 is 23.8 Å². The fraction of sp³-hybridized carbons (Fsp3) is 0.300. The Kier molecular flexibility index (Phi) is 5.29. The normalized spacial score (nSPS) is 15.3. The molecule has 27 heavy (non-hydrogen) atoms. The van der Waals surface area contributed by atoms with E-state index in [4.69, 9.17) is 23.8 Å². The number of piperazine rings is 1. The highest BCUT2D eigenvalue weighted by atomic mass is 35.5.